The van der Waals surface area contributed by atoms with Gasteiger partial charge in [0.25, 0.3) is 5.91 Å². The first-order valence-electron chi connectivity index (χ1n) is 8.89. The second kappa shape index (κ2) is 8.33. The van der Waals surface area contributed by atoms with Crippen LogP contribution in [-0.2, 0) is 6.54 Å². The fraction of sp³-hybridized carbons (Fsp3) is 0.316. The number of aromatic nitrogens is 3. The summed E-state index contributed by atoms with van der Waals surface area (Å²) >= 11 is 5.05. The molecule has 0 spiro atoms. The quantitative estimate of drug-likeness (QED) is 0.665. The highest BCUT2D eigenvalue weighted by molar-refractivity contribution is 9.10. The van der Waals surface area contributed by atoms with Crippen LogP contribution in [0.2, 0.25) is 0 Å². The first-order chi connectivity index (χ1) is 13.2. The van der Waals surface area contributed by atoms with Crippen molar-refractivity contribution in [2.45, 2.75) is 13.0 Å². The molecule has 6 nitrogen and oxygen atoms in total. The number of rotatable bonds is 4. The Morgan fingerprint density at radius 3 is 2.81 bits per heavy atom. The van der Waals surface area contributed by atoms with E-state index in [-0.39, 0.29) is 5.91 Å². The molecule has 1 N–H and O–H groups in total. The monoisotopic (exact) mass is 445 g/mol. The fourth-order valence-electron chi connectivity index (χ4n) is 3.25. The molecular weight excluding hydrogens is 426 g/mol. The van der Waals surface area contributed by atoms with Gasteiger partial charge < -0.3 is 4.90 Å². The maximum absolute atomic E-state index is 12.9. The number of benzene rings is 1. The number of thiazole rings is 1. The number of halogens is 1. The van der Waals surface area contributed by atoms with Crippen molar-refractivity contribution < 1.29 is 4.79 Å². The maximum Gasteiger partial charge on any atom is 0.271 e. The van der Waals surface area contributed by atoms with Gasteiger partial charge in [-0.25, -0.2) is 4.98 Å². The van der Waals surface area contributed by atoms with E-state index in [4.69, 9.17) is 0 Å². The first-order valence-corrected chi connectivity index (χ1v) is 10.6. The summed E-state index contributed by atoms with van der Waals surface area (Å²) in [7, 11) is 0. The largest absolute Gasteiger partial charge is 0.336 e. The average Bonchev–Trinajstić information content (AvgIpc) is 3.31. The number of nitrogens with zero attached hydrogens (tertiary/aromatic N) is 4. The predicted molar refractivity (Wildman–Crippen MR) is 110 cm³/mol. The van der Waals surface area contributed by atoms with Crippen LogP contribution in [0.4, 0.5) is 0 Å². The Hall–Kier alpha value is -2.03. The molecule has 8 heteroatoms. The van der Waals surface area contributed by atoms with E-state index in [0.717, 1.165) is 60.6 Å². The Kier molecular flexibility index (Phi) is 5.66. The number of hydrogen-bond acceptors (Lipinski definition) is 5. The van der Waals surface area contributed by atoms with Crippen LogP contribution in [0.15, 0.2) is 45.7 Å². The smallest absolute Gasteiger partial charge is 0.271 e. The first kappa shape index (κ1) is 18.3. The second-order valence-corrected chi connectivity index (χ2v) is 8.21. The zero-order chi connectivity index (χ0) is 18.6. The van der Waals surface area contributed by atoms with Gasteiger partial charge in [0.05, 0.1) is 16.9 Å². The molecule has 1 aromatic carbocycles. The second-order valence-electron chi connectivity index (χ2n) is 6.58. The van der Waals surface area contributed by atoms with Crippen LogP contribution in [0, 0.1) is 0 Å². The Labute approximate surface area is 170 Å². The van der Waals surface area contributed by atoms with Crippen molar-refractivity contribution in [3.63, 3.8) is 0 Å². The van der Waals surface area contributed by atoms with Gasteiger partial charge in [0.1, 0.15) is 5.69 Å². The van der Waals surface area contributed by atoms with Crippen LogP contribution in [0.1, 0.15) is 22.6 Å². The molecule has 1 aliphatic heterocycles. The van der Waals surface area contributed by atoms with Gasteiger partial charge >= 0.3 is 0 Å². The summed E-state index contributed by atoms with van der Waals surface area (Å²) in [5, 5.41) is 9.31. The van der Waals surface area contributed by atoms with Gasteiger partial charge in [0, 0.05) is 48.1 Å². The number of hydrogen-bond donors (Lipinski definition) is 1. The zero-order valence-corrected chi connectivity index (χ0v) is 17.2. The lowest BCUT2D eigenvalue weighted by atomic mass is 10.1. The molecule has 1 saturated heterocycles. The third-order valence-corrected chi connectivity index (χ3v) is 5.86. The van der Waals surface area contributed by atoms with Gasteiger partial charge in [-0.05, 0) is 24.6 Å². The van der Waals surface area contributed by atoms with Crippen LogP contribution >= 0.6 is 27.3 Å². The SMILES string of the molecule is O=C(c1cc(-c2ccc(Br)cc2)n[nH]1)N1CCCN(Cc2cscn2)CC1. The number of H-pyrrole nitrogens is 1. The molecule has 1 amide bonds. The van der Waals surface area contributed by atoms with Crippen molar-refractivity contribution in [3.05, 3.63) is 57.1 Å². The average molecular weight is 446 g/mol. The summed E-state index contributed by atoms with van der Waals surface area (Å²) in [5.74, 6) is 0.0152. The molecule has 27 heavy (non-hydrogen) atoms. The minimum absolute atomic E-state index is 0.0152. The van der Waals surface area contributed by atoms with Gasteiger partial charge in [-0.1, -0.05) is 28.1 Å². The van der Waals surface area contributed by atoms with Crippen molar-refractivity contribution in [3.8, 4) is 11.3 Å². The summed E-state index contributed by atoms with van der Waals surface area (Å²) in [4.78, 5) is 21.5. The minimum atomic E-state index is 0.0152. The molecule has 1 aliphatic rings. The standard InChI is InChI=1S/C19H20BrN5OS/c20-15-4-2-14(3-5-15)17-10-18(23-22-17)19(26)25-7-1-6-24(8-9-25)11-16-12-27-13-21-16/h2-5,10,12-13H,1,6-9,11H2,(H,22,23). The van der Waals surface area contributed by atoms with Crippen LogP contribution in [0.25, 0.3) is 11.3 Å². The highest BCUT2D eigenvalue weighted by Gasteiger charge is 2.22. The van der Waals surface area contributed by atoms with Gasteiger partial charge in [0.2, 0.25) is 0 Å². The molecule has 0 aliphatic carbocycles. The number of amides is 1. The van der Waals surface area contributed by atoms with Crippen molar-refractivity contribution in [2.24, 2.45) is 0 Å². The van der Waals surface area contributed by atoms with Crippen molar-refractivity contribution >= 4 is 33.2 Å². The Bertz CT molecular complexity index is 893. The topological polar surface area (TPSA) is 65.1 Å². The van der Waals surface area contributed by atoms with Crippen molar-refractivity contribution in [2.75, 3.05) is 26.2 Å². The van der Waals surface area contributed by atoms with E-state index in [1.54, 1.807) is 11.3 Å². The maximum atomic E-state index is 12.9. The molecule has 3 aromatic rings. The molecule has 0 saturated carbocycles. The fourth-order valence-corrected chi connectivity index (χ4v) is 4.06. The number of carbonyl (C=O) groups is 1. The molecule has 0 unspecified atom stereocenters. The van der Waals surface area contributed by atoms with E-state index < -0.39 is 0 Å². The van der Waals surface area contributed by atoms with E-state index in [1.807, 2.05) is 40.7 Å². The molecule has 0 bridgehead atoms. The van der Waals surface area contributed by atoms with Gasteiger partial charge in [-0.15, -0.1) is 11.3 Å². The third-order valence-electron chi connectivity index (χ3n) is 4.69. The minimum Gasteiger partial charge on any atom is -0.336 e. The summed E-state index contributed by atoms with van der Waals surface area (Å²) < 4.78 is 1.02. The van der Waals surface area contributed by atoms with Gasteiger partial charge in [-0.2, -0.15) is 5.10 Å². The van der Waals surface area contributed by atoms with E-state index in [2.05, 4.69) is 41.4 Å². The molecule has 0 atom stereocenters. The van der Waals surface area contributed by atoms with Crippen molar-refractivity contribution in [1.82, 2.24) is 25.0 Å². The molecule has 3 heterocycles. The molecular formula is C19H20BrN5OS. The number of aromatic amines is 1. The van der Waals surface area contributed by atoms with Crippen LogP contribution in [0.5, 0.6) is 0 Å². The molecule has 1 fully saturated rings. The third kappa shape index (κ3) is 4.45. The number of carbonyl (C=O) groups excluding carboxylic acids is 1. The van der Waals surface area contributed by atoms with E-state index in [9.17, 15) is 4.79 Å². The van der Waals surface area contributed by atoms with E-state index in [1.165, 1.54) is 0 Å². The van der Waals surface area contributed by atoms with Gasteiger partial charge in [0.15, 0.2) is 0 Å². The zero-order valence-electron chi connectivity index (χ0n) is 14.8. The van der Waals surface area contributed by atoms with Gasteiger partial charge in [-0.3, -0.25) is 14.8 Å². The number of nitrogens with one attached hydrogen (secondary N) is 1. The van der Waals surface area contributed by atoms with E-state index >= 15 is 0 Å². The Morgan fingerprint density at radius 1 is 1.19 bits per heavy atom. The highest BCUT2D eigenvalue weighted by atomic mass is 79.9. The lowest BCUT2D eigenvalue weighted by Crippen LogP contribution is -2.35. The Morgan fingerprint density at radius 2 is 2.04 bits per heavy atom. The lowest BCUT2D eigenvalue weighted by molar-refractivity contribution is 0.0755. The molecule has 140 valence electrons. The lowest BCUT2D eigenvalue weighted by Gasteiger charge is -2.21. The summed E-state index contributed by atoms with van der Waals surface area (Å²) in [6, 6.07) is 9.74. The molecule has 0 radical (unpaired) electrons. The normalized spacial score (nSPS) is 15.7. The summed E-state index contributed by atoms with van der Waals surface area (Å²) in [6.45, 7) is 4.17. The van der Waals surface area contributed by atoms with Crippen LogP contribution < -0.4 is 0 Å². The summed E-state index contributed by atoms with van der Waals surface area (Å²) in [6.07, 6.45) is 0.962. The predicted octanol–water partition coefficient (Wildman–Crippen LogP) is 3.64. The highest BCUT2D eigenvalue weighted by Crippen LogP contribution is 2.21. The molecule has 4 rings (SSSR count). The van der Waals surface area contributed by atoms with E-state index in [0.29, 0.717) is 5.69 Å². The van der Waals surface area contributed by atoms with Crippen LogP contribution in [0.3, 0.4) is 0 Å². The van der Waals surface area contributed by atoms with Crippen molar-refractivity contribution in [1.29, 1.82) is 0 Å². The van der Waals surface area contributed by atoms with Crippen LogP contribution in [-0.4, -0.2) is 57.1 Å². The summed E-state index contributed by atoms with van der Waals surface area (Å²) in [5.41, 5.74) is 5.28. The molecule has 2 aromatic heterocycles. The Balaban J connectivity index is 1.40.